The zero-order valence-corrected chi connectivity index (χ0v) is 8.29. The van der Waals surface area contributed by atoms with E-state index in [1.165, 1.54) is 0 Å². The van der Waals surface area contributed by atoms with E-state index >= 15 is 0 Å². The second-order valence-electron chi connectivity index (χ2n) is 4.21. The van der Waals surface area contributed by atoms with E-state index in [-0.39, 0.29) is 5.91 Å². The summed E-state index contributed by atoms with van der Waals surface area (Å²) in [5.41, 5.74) is 0. The van der Waals surface area contributed by atoms with Crippen molar-refractivity contribution >= 4 is 5.91 Å². The predicted molar refractivity (Wildman–Crippen MR) is 50.5 cm³/mol. The highest BCUT2D eigenvalue weighted by Gasteiger charge is 2.32. The van der Waals surface area contributed by atoms with Crippen LogP contribution in [0.25, 0.3) is 0 Å². The molecule has 2 aliphatic heterocycles. The molecule has 13 heavy (non-hydrogen) atoms. The molecule has 74 valence electrons. The molecule has 2 aliphatic rings. The second-order valence-corrected chi connectivity index (χ2v) is 4.21. The number of nitrogens with one attached hydrogen (secondary N) is 1. The van der Waals surface area contributed by atoms with E-state index in [0.29, 0.717) is 12.1 Å². The van der Waals surface area contributed by atoms with Crippen LogP contribution >= 0.6 is 0 Å². The quantitative estimate of drug-likeness (QED) is 0.530. The smallest absolute Gasteiger partial charge is 0.219 e. The summed E-state index contributed by atoms with van der Waals surface area (Å²) in [6.45, 7) is 5.51. The first-order valence-corrected chi connectivity index (χ1v) is 4.85. The molecule has 2 bridgehead atoms. The van der Waals surface area contributed by atoms with Gasteiger partial charge in [-0.1, -0.05) is 0 Å². The molecule has 4 nitrogen and oxygen atoms in total. The summed E-state index contributed by atoms with van der Waals surface area (Å²) >= 11 is 0. The molecular weight excluding hydrogens is 166 g/mol. The maximum Gasteiger partial charge on any atom is 0.219 e. The molecule has 0 radical (unpaired) electrons. The van der Waals surface area contributed by atoms with Crippen molar-refractivity contribution in [2.75, 3.05) is 33.2 Å². The summed E-state index contributed by atoms with van der Waals surface area (Å²) in [7, 11) is 2.14. The van der Waals surface area contributed by atoms with Gasteiger partial charge in [-0.2, -0.15) is 0 Å². The van der Waals surface area contributed by atoms with E-state index in [9.17, 15) is 4.79 Å². The predicted octanol–water partition coefficient (Wildman–Crippen LogP) is -0.879. The normalized spacial score (nSPS) is 34.8. The minimum atomic E-state index is 0.209. The van der Waals surface area contributed by atoms with Crippen LogP contribution in [0.1, 0.15) is 6.92 Å². The van der Waals surface area contributed by atoms with E-state index in [4.69, 9.17) is 0 Å². The number of fused-ring (bicyclic) bond motifs is 2. The largest absolute Gasteiger partial charge is 0.340 e. The van der Waals surface area contributed by atoms with Crippen molar-refractivity contribution in [3.8, 4) is 0 Å². The number of hydrogen-bond acceptors (Lipinski definition) is 3. The van der Waals surface area contributed by atoms with Crippen molar-refractivity contribution in [1.82, 2.24) is 15.1 Å². The molecule has 1 amide bonds. The number of amides is 1. The van der Waals surface area contributed by atoms with Gasteiger partial charge in [0, 0.05) is 45.2 Å². The highest BCUT2D eigenvalue weighted by Crippen LogP contribution is 2.11. The van der Waals surface area contributed by atoms with Gasteiger partial charge in [0.05, 0.1) is 0 Å². The van der Waals surface area contributed by atoms with Gasteiger partial charge < -0.3 is 15.1 Å². The molecule has 1 N–H and O–H groups in total. The number of carbonyl (C=O) groups is 1. The van der Waals surface area contributed by atoms with Crippen LogP contribution < -0.4 is 5.32 Å². The molecule has 0 aromatic heterocycles. The second kappa shape index (κ2) is 3.27. The molecule has 0 saturated carbocycles. The van der Waals surface area contributed by atoms with Crippen LogP contribution in [0.3, 0.4) is 0 Å². The minimum absolute atomic E-state index is 0.209. The summed E-state index contributed by atoms with van der Waals surface area (Å²) in [6.07, 6.45) is 0. The Bertz CT molecular complexity index is 201. The summed E-state index contributed by atoms with van der Waals surface area (Å²) in [5, 5.41) is 3.53. The summed E-state index contributed by atoms with van der Waals surface area (Å²) in [4.78, 5) is 15.5. The van der Waals surface area contributed by atoms with Crippen molar-refractivity contribution in [2.24, 2.45) is 0 Å². The monoisotopic (exact) mass is 183 g/mol. The van der Waals surface area contributed by atoms with Crippen LogP contribution in [0, 0.1) is 0 Å². The van der Waals surface area contributed by atoms with Crippen molar-refractivity contribution in [3.63, 3.8) is 0 Å². The third-order valence-electron chi connectivity index (χ3n) is 2.86. The first-order valence-electron chi connectivity index (χ1n) is 4.85. The number of nitrogens with zero attached hydrogens (tertiary/aromatic N) is 2. The van der Waals surface area contributed by atoms with Gasteiger partial charge in [-0.05, 0) is 7.05 Å². The summed E-state index contributed by atoms with van der Waals surface area (Å²) in [6, 6.07) is 0.947. The molecule has 4 heteroatoms. The Labute approximate surface area is 78.9 Å². The van der Waals surface area contributed by atoms with Crippen LogP contribution in [-0.2, 0) is 4.79 Å². The average Bonchev–Trinajstić information content (AvgIpc) is 2.01. The maximum atomic E-state index is 11.2. The minimum Gasteiger partial charge on any atom is -0.340 e. The number of carbonyl (C=O) groups excluding carboxylic acids is 1. The van der Waals surface area contributed by atoms with Gasteiger partial charge in [0.25, 0.3) is 0 Å². The molecule has 0 spiro atoms. The number of hydrogen-bond donors (Lipinski definition) is 1. The van der Waals surface area contributed by atoms with Crippen molar-refractivity contribution in [1.29, 1.82) is 0 Å². The van der Waals surface area contributed by atoms with E-state index in [0.717, 1.165) is 26.2 Å². The highest BCUT2D eigenvalue weighted by atomic mass is 16.2. The van der Waals surface area contributed by atoms with Crippen molar-refractivity contribution < 1.29 is 4.79 Å². The topological polar surface area (TPSA) is 35.6 Å². The Balaban J connectivity index is 2.01. The van der Waals surface area contributed by atoms with Gasteiger partial charge in [0.15, 0.2) is 0 Å². The fraction of sp³-hybridized carbons (Fsp3) is 0.889. The Kier molecular flexibility index (Phi) is 2.26. The molecule has 0 aromatic rings. The lowest BCUT2D eigenvalue weighted by Gasteiger charge is -2.45. The molecule has 2 rings (SSSR count). The van der Waals surface area contributed by atoms with E-state index in [1.54, 1.807) is 6.92 Å². The van der Waals surface area contributed by atoms with Crippen LogP contribution in [-0.4, -0.2) is 61.0 Å². The lowest BCUT2D eigenvalue weighted by atomic mass is 10.0. The molecular formula is C9H17N3O. The molecule has 0 aliphatic carbocycles. The lowest BCUT2D eigenvalue weighted by molar-refractivity contribution is -0.131. The van der Waals surface area contributed by atoms with Crippen LogP contribution in [0.15, 0.2) is 0 Å². The highest BCUT2D eigenvalue weighted by molar-refractivity contribution is 5.73. The van der Waals surface area contributed by atoms with Gasteiger partial charge in [0.1, 0.15) is 0 Å². The fourth-order valence-electron chi connectivity index (χ4n) is 2.35. The third-order valence-corrected chi connectivity index (χ3v) is 2.86. The van der Waals surface area contributed by atoms with E-state index in [2.05, 4.69) is 17.3 Å². The SMILES string of the molecule is CC(=O)N1CC2CN(C)CC(C1)N2. The molecule has 2 saturated heterocycles. The van der Waals surface area contributed by atoms with Crippen molar-refractivity contribution in [3.05, 3.63) is 0 Å². The number of likely N-dealkylation sites (N-methyl/N-ethyl adjacent to an activating group) is 1. The number of piperazine rings is 2. The molecule has 2 fully saturated rings. The molecule has 0 aromatic carbocycles. The van der Waals surface area contributed by atoms with Crippen LogP contribution in [0.2, 0.25) is 0 Å². The number of rotatable bonds is 0. The maximum absolute atomic E-state index is 11.2. The molecule has 2 unspecified atom stereocenters. The van der Waals surface area contributed by atoms with Crippen LogP contribution in [0.5, 0.6) is 0 Å². The first kappa shape index (κ1) is 8.97. The Hall–Kier alpha value is -0.610. The Morgan fingerprint density at radius 3 is 2.23 bits per heavy atom. The van der Waals surface area contributed by atoms with Gasteiger partial charge in [-0.25, -0.2) is 0 Å². The van der Waals surface area contributed by atoms with Gasteiger partial charge >= 0.3 is 0 Å². The van der Waals surface area contributed by atoms with Crippen molar-refractivity contribution in [2.45, 2.75) is 19.0 Å². The first-order chi connectivity index (χ1) is 6.15. The fourth-order valence-corrected chi connectivity index (χ4v) is 2.35. The van der Waals surface area contributed by atoms with E-state index < -0.39 is 0 Å². The third kappa shape index (κ3) is 1.84. The molecule has 2 atom stereocenters. The lowest BCUT2D eigenvalue weighted by Crippen LogP contribution is -2.66. The molecule has 2 heterocycles. The van der Waals surface area contributed by atoms with Gasteiger partial charge in [-0.3, -0.25) is 4.79 Å². The Morgan fingerprint density at radius 2 is 1.77 bits per heavy atom. The zero-order chi connectivity index (χ0) is 9.42. The zero-order valence-electron chi connectivity index (χ0n) is 8.29. The summed E-state index contributed by atoms with van der Waals surface area (Å²) < 4.78 is 0. The van der Waals surface area contributed by atoms with Gasteiger partial charge in [-0.15, -0.1) is 0 Å². The Morgan fingerprint density at radius 1 is 1.23 bits per heavy atom. The van der Waals surface area contributed by atoms with Gasteiger partial charge in [0.2, 0.25) is 5.91 Å². The average molecular weight is 183 g/mol. The van der Waals surface area contributed by atoms with E-state index in [1.807, 2.05) is 4.90 Å². The summed E-state index contributed by atoms with van der Waals surface area (Å²) in [5.74, 6) is 0.209. The standard InChI is InChI=1S/C9H17N3O/c1-7(13)12-5-8-3-11(2)4-9(6-12)10-8/h8-10H,3-6H2,1-2H3. The van der Waals surface area contributed by atoms with Crippen LogP contribution in [0.4, 0.5) is 0 Å².